The Labute approximate surface area is 91.2 Å². The van der Waals surface area contributed by atoms with Gasteiger partial charge in [-0.2, -0.15) is 0 Å². The summed E-state index contributed by atoms with van der Waals surface area (Å²) in [6.45, 7) is 2.67. The van der Waals surface area contributed by atoms with Crippen molar-refractivity contribution in [1.29, 1.82) is 0 Å². The number of rotatable bonds is 2. The second kappa shape index (κ2) is 3.75. The third-order valence-corrected chi connectivity index (χ3v) is 2.83. The highest BCUT2D eigenvalue weighted by Gasteiger charge is 2.09. The molecule has 2 N–H and O–H groups in total. The number of hydrogen-bond donors (Lipinski definition) is 1. The molecule has 0 aliphatic heterocycles. The Kier molecular flexibility index (Phi) is 2.61. The second-order valence-corrected chi connectivity index (χ2v) is 4.38. The van der Waals surface area contributed by atoms with Crippen LogP contribution in [0.5, 0.6) is 0 Å². The molecule has 0 saturated carbocycles. The fourth-order valence-corrected chi connectivity index (χ4v) is 1.77. The zero-order chi connectivity index (χ0) is 10.1. The molecule has 0 amide bonds. The second-order valence-electron chi connectivity index (χ2n) is 3.47. The van der Waals surface area contributed by atoms with Crippen LogP contribution in [0.4, 0.5) is 0 Å². The minimum absolute atomic E-state index is 0.279. The van der Waals surface area contributed by atoms with Crippen LogP contribution in [-0.2, 0) is 0 Å². The van der Waals surface area contributed by atoms with Gasteiger partial charge in [-0.1, -0.05) is 22.9 Å². The zero-order valence-corrected chi connectivity index (χ0v) is 9.54. The molecule has 0 aliphatic rings. The lowest BCUT2D eigenvalue weighted by molar-refractivity contribution is 0.509. The van der Waals surface area contributed by atoms with E-state index in [4.69, 9.17) is 10.2 Å². The molecule has 2 nitrogen and oxygen atoms in total. The number of furan rings is 1. The van der Waals surface area contributed by atoms with Gasteiger partial charge < -0.3 is 10.2 Å². The lowest BCUT2D eigenvalue weighted by atomic mass is 10.1. The third kappa shape index (κ3) is 1.70. The number of hydrogen-bond acceptors (Lipinski definition) is 2. The average Bonchev–Trinajstić information content (AvgIpc) is 2.59. The van der Waals surface area contributed by atoms with Gasteiger partial charge in [-0.25, -0.2) is 0 Å². The van der Waals surface area contributed by atoms with Crippen LogP contribution in [0.2, 0.25) is 0 Å². The van der Waals surface area contributed by atoms with Crippen LogP contribution in [0.1, 0.15) is 18.6 Å². The van der Waals surface area contributed by atoms with E-state index in [1.165, 1.54) is 0 Å². The van der Waals surface area contributed by atoms with Gasteiger partial charge in [0.2, 0.25) is 0 Å². The highest BCUT2D eigenvalue weighted by Crippen LogP contribution is 2.26. The molecule has 0 radical (unpaired) electrons. The van der Waals surface area contributed by atoms with Gasteiger partial charge in [0.15, 0.2) is 0 Å². The molecular formula is C11H12BrNO. The van der Waals surface area contributed by atoms with Crippen LogP contribution in [0.15, 0.2) is 33.2 Å². The maximum atomic E-state index is 5.67. The molecule has 1 aromatic carbocycles. The van der Waals surface area contributed by atoms with Crippen molar-refractivity contribution in [3.8, 4) is 0 Å². The Balaban J connectivity index is 2.51. The lowest BCUT2D eigenvalue weighted by Crippen LogP contribution is -2.07. The molecule has 1 unspecified atom stereocenters. The Hall–Kier alpha value is -0.800. The van der Waals surface area contributed by atoms with Gasteiger partial charge in [0.1, 0.15) is 11.3 Å². The smallest absolute Gasteiger partial charge is 0.134 e. The van der Waals surface area contributed by atoms with E-state index in [0.29, 0.717) is 6.54 Å². The summed E-state index contributed by atoms with van der Waals surface area (Å²) in [5.74, 6) is 1.24. The zero-order valence-electron chi connectivity index (χ0n) is 7.96. The van der Waals surface area contributed by atoms with E-state index >= 15 is 0 Å². The number of fused-ring (bicyclic) bond motifs is 1. The molecular weight excluding hydrogens is 242 g/mol. The Morgan fingerprint density at radius 2 is 2.21 bits per heavy atom. The fraction of sp³-hybridized carbons (Fsp3) is 0.273. The third-order valence-electron chi connectivity index (χ3n) is 2.34. The van der Waals surface area contributed by atoms with E-state index < -0.39 is 0 Å². The van der Waals surface area contributed by atoms with Crippen molar-refractivity contribution in [3.63, 3.8) is 0 Å². The summed E-state index contributed by atoms with van der Waals surface area (Å²) < 4.78 is 6.74. The number of nitrogens with two attached hydrogens (primary N) is 1. The van der Waals surface area contributed by atoms with Crippen molar-refractivity contribution in [2.24, 2.45) is 5.73 Å². The molecule has 1 aromatic heterocycles. The van der Waals surface area contributed by atoms with E-state index in [1.54, 1.807) is 0 Å². The molecule has 0 bridgehead atoms. The molecule has 1 atom stereocenters. The number of halogens is 1. The summed E-state index contributed by atoms with van der Waals surface area (Å²) in [5, 5.41) is 1.12. The minimum Gasteiger partial charge on any atom is -0.461 e. The quantitative estimate of drug-likeness (QED) is 0.893. The lowest BCUT2D eigenvalue weighted by Gasteiger charge is -2.01. The molecule has 14 heavy (non-hydrogen) atoms. The normalized spacial score (nSPS) is 13.4. The van der Waals surface area contributed by atoms with E-state index in [2.05, 4.69) is 28.9 Å². The Morgan fingerprint density at radius 3 is 2.93 bits per heavy atom. The van der Waals surface area contributed by atoms with Crippen LogP contribution in [0.25, 0.3) is 11.0 Å². The van der Waals surface area contributed by atoms with Gasteiger partial charge in [-0.15, -0.1) is 0 Å². The van der Waals surface area contributed by atoms with Crippen LogP contribution in [-0.4, -0.2) is 6.54 Å². The van der Waals surface area contributed by atoms with Crippen LogP contribution < -0.4 is 5.73 Å². The molecule has 74 valence electrons. The van der Waals surface area contributed by atoms with Crippen molar-refractivity contribution in [3.05, 3.63) is 34.5 Å². The summed E-state index contributed by atoms with van der Waals surface area (Å²) in [6, 6.07) is 8.04. The van der Waals surface area contributed by atoms with Gasteiger partial charge in [0.05, 0.1) is 0 Å². The fourth-order valence-electron chi connectivity index (χ4n) is 1.39. The minimum atomic E-state index is 0.279. The highest BCUT2D eigenvalue weighted by atomic mass is 79.9. The maximum Gasteiger partial charge on any atom is 0.134 e. The SMILES string of the molecule is CC(CN)c1cc2cc(Br)ccc2o1. The summed E-state index contributed by atoms with van der Waals surface area (Å²) >= 11 is 3.43. The van der Waals surface area contributed by atoms with Crippen molar-refractivity contribution in [1.82, 2.24) is 0 Å². The summed E-state index contributed by atoms with van der Waals surface area (Å²) in [4.78, 5) is 0. The first-order chi connectivity index (χ1) is 6.70. The Bertz CT molecular complexity index is 449. The summed E-state index contributed by atoms with van der Waals surface area (Å²) in [7, 11) is 0. The van der Waals surface area contributed by atoms with E-state index in [9.17, 15) is 0 Å². The predicted molar refractivity (Wildman–Crippen MR) is 61.4 cm³/mol. The first kappa shape index (κ1) is 9.74. The van der Waals surface area contributed by atoms with Crippen molar-refractivity contribution >= 4 is 26.9 Å². The molecule has 0 aliphatic carbocycles. The van der Waals surface area contributed by atoms with Gasteiger partial charge in [-0.05, 0) is 24.3 Å². The van der Waals surface area contributed by atoms with Gasteiger partial charge in [0.25, 0.3) is 0 Å². The Morgan fingerprint density at radius 1 is 1.43 bits per heavy atom. The molecule has 2 aromatic rings. The van der Waals surface area contributed by atoms with Crippen molar-refractivity contribution in [2.45, 2.75) is 12.8 Å². The van der Waals surface area contributed by atoms with Gasteiger partial charge in [-0.3, -0.25) is 0 Å². The summed E-state index contributed by atoms with van der Waals surface area (Å²) in [6.07, 6.45) is 0. The molecule has 0 spiro atoms. The molecule has 3 heteroatoms. The summed E-state index contributed by atoms with van der Waals surface area (Å²) in [5.41, 5.74) is 6.51. The van der Waals surface area contributed by atoms with Crippen molar-refractivity contribution < 1.29 is 4.42 Å². The van der Waals surface area contributed by atoms with E-state index in [0.717, 1.165) is 21.2 Å². The van der Waals surface area contributed by atoms with Crippen LogP contribution in [0, 0.1) is 0 Å². The molecule has 2 rings (SSSR count). The van der Waals surface area contributed by atoms with Gasteiger partial charge >= 0.3 is 0 Å². The predicted octanol–water partition coefficient (Wildman–Crippen LogP) is 3.26. The maximum absolute atomic E-state index is 5.67. The largest absolute Gasteiger partial charge is 0.461 e. The topological polar surface area (TPSA) is 39.2 Å². The van der Waals surface area contributed by atoms with Crippen LogP contribution >= 0.6 is 15.9 Å². The van der Waals surface area contributed by atoms with E-state index in [1.807, 2.05) is 18.2 Å². The van der Waals surface area contributed by atoms with Gasteiger partial charge in [0, 0.05) is 22.3 Å². The molecule has 0 saturated heterocycles. The van der Waals surface area contributed by atoms with Crippen LogP contribution in [0.3, 0.4) is 0 Å². The first-order valence-electron chi connectivity index (χ1n) is 4.60. The highest BCUT2D eigenvalue weighted by molar-refractivity contribution is 9.10. The average molecular weight is 254 g/mol. The standard InChI is InChI=1S/C11H12BrNO/c1-7(6-13)11-5-8-4-9(12)2-3-10(8)14-11/h2-5,7H,6,13H2,1H3. The van der Waals surface area contributed by atoms with E-state index in [-0.39, 0.29) is 5.92 Å². The molecule has 1 heterocycles. The molecule has 0 fully saturated rings. The monoisotopic (exact) mass is 253 g/mol. The number of benzene rings is 1. The van der Waals surface area contributed by atoms with Crippen molar-refractivity contribution in [2.75, 3.05) is 6.54 Å². The first-order valence-corrected chi connectivity index (χ1v) is 5.39.